The lowest BCUT2D eigenvalue weighted by Gasteiger charge is -2.18. The summed E-state index contributed by atoms with van der Waals surface area (Å²) in [6, 6.07) is 0. The smallest absolute Gasteiger partial charge is 0.306 e. The summed E-state index contributed by atoms with van der Waals surface area (Å²) < 4.78 is 17.4. The van der Waals surface area contributed by atoms with Gasteiger partial charge in [-0.15, -0.1) is 0 Å². The summed E-state index contributed by atoms with van der Waals surface area (Å²) in [4.78, 5) is 25.3. The Morgan fingerprint density at radius 2 is 0.776 bits per heavy atom. The second-order valence-electron chi connectivity index (χ2n) is 16.7. The third kappa shape index (κ3) is 46.5. The van der Waals surface area contributed by atoms with Gasteiger partial charge in [0.25, 0.3) is 0 Å². The van der Waals surface area contributed by atoms with Crippen LogP contribution in [0.15, 0.2) is 48.6 Å². The highest BCUT2D eigenvalue weighted by Gasteiger charge is 2.17. The summed E-state index contributed by atoms with van der Waals surface area (Å²) in [6.07, 6.45) is 59.7. The largest absolute Gasteiger partial charge is 0.462 e. The normalized spacial score (nSPS) is 12.5. The van der Waals surface area contributed by atoms with Crippen molar-refractivity contribution >= 4 is 11.9 Å². The monoisotopic (exact) mass is 813 g/mol. The van der Waals surface area contributed by atoms with Crippen molar-refractivity contribution in [1.82, 2.24) is 0 Å². The first-order chi connectivity index (χ1) is 28.6. The van der Waals surface area contributed by atoms with E-state index in [0.29, 0.717) is 19.4 Å². The summed E-state index contributed by atoms with van der Waals surface area (Å²) >= 11 is 0. The van der Waals surface area contributed by atoms with Gasteiger partial charge in [0.2, 0.25) is 0 Å². The van der Waals surface area contributed by atoms with E-state index in [4.69, 9.17) is 14.2 Å². The Kier molecular flexibility index (Phi) is 47.4. The molecule has 0 aliphatic heterocycles. The standard InChI is InChI=1S/C53H96O5/c1-4-7-10-13-16-19-22-24-26-28-30-33-36-39-42-45-48-56-49-51(58-53(55)47-44-41-38-35-31-21-18-15-12-9-6-3)50-57-52(54)46-43-40-37-34-32-29-27-25-23-20-17-14-11-8-5-2/h7,10,16,19,24-27,51H,4-6,8-9,11-15,17-18,20-23,28-50H2,1-3H3/b10-7-,19-16-,26-24-,27-25-. The van der Waals surface area contributed by atoms with Gasteiger partial charge in [-0.1, -0.05) is 211 Å². The van der Waals surface area contributed by atoms with Crippen LogP contribution >= 0.6 is 0 Å². The van der Waals surface area contributed by atoms with Crippen LogP contribution in [0, 0.1) is 0 Å². The summed E-state index contributed by atoms with van der Waals surface area (Å²) in [7, 11) is 0. The van der Waals surface area contributed by atoms with Crippen molar-refractivity contribution in [1.29, 1.82) is 0 Å². The molecule has 0 aromatic carbocycles. The summed E-state index contributed by atoms with van der Waals surface area (Å²) in [5.74, 6) is -0.407. The van der Waals surface area contributed by atoms with Gasteiger partial charge in [-0.3, -0.25) is 9.59 Å². The van der Waals surface area contributed by atoms with Gasteiger partial charge < -0.3 is 14.2 Å². The molecule has 0 aliphatic carbocycles. The maximum atomic E-state index is 12.7. The molecule has 0 aromatic heterocycles. The molecule has 0 saturated carbocycles. The van der Waals surface area contributed by atoms with Gasteiger partial charge >= 0.3 is 11.9 Å². The highest BCUT2D eigenvalue weighted by molar-refractivity contribution is 5.70. The minimum atomic E-state index is -0.542. The van der Waals surface area contributed by atoms with Crippen LogP contribution in [0.1, 0.15) is 252 Å². The molecular formula is C53H96O5. The molecule has 0 heterocycles. The summed E-state index contributed by atoms with van der Waals surface area (Å²) in [5.41, 5.74) is 0. The predicted molar refractivity (Wildman–Crippen MR) is 251 cm³/mol. The summed E-state index contributed by atoms with van der Waals surface area (Å²) in [5, 5.41) is 0. The zero-order valence-electron chi connectivity index (χ0n) is 38.8. The molecule has 0 fully saturated rings. The maximum Gasteiger partial charge on any atom is 0.306 e. The molecule has 0 bridgehead atoms. The average Bonchev–Trinajstić information content (AvgIpc) is 3.22. The quantitative estimate of drug-likeness (QED) is 0.0348. The Bertz CT molecular complexity index is 966. The van der Waals surface area contributed by atoms with E-state index in [1.54, 1.807) is 0 Å². The average molecular weight is 813 g/mol. The zero-order chi connectivity index (χ0) is 42.1. The zero-order valence-corrected chi connectivity index (χ0v) is 38.8. The number of hydrogen-bond donors (Lipinski definition) is 0. The number of allylic oxidation sites excluding steroid dienone is 8. The van der Waals surface area contributed by atoms with E-state index in [1.807, 2.05) is 0 Å². The molecule has 0 N–H and O–H groups in total. The number of carbonyl (C=O) groups is 2. The van der Waals surface area contributed by atoms with Crippen LogP contribution < -0.4 is 0 Å². The third-order valence-electron chi connectivity index (χ3n) is 10.8. The van der Waals surface area contributed by atoms with Crippen molar-refractivity contribution in [2.75, 3.05) is 19.8 Å². The van der Waals surface area contributed by atoms with Crippen molar-refractivity contribution < 1.29 is 23.8 Å². The van der Waals surface area contributed by atoms with Crippen LogP contribution in [-0.4, -0.2) is 37.9 Å². The molecule has 0 aliphatic rings. The first-order valence-electron chi connectivity index (χ1n) is 25.2. The van der Waals surface area contributed by atoms with Crippen molar-refractivity contribution in [3.63, 3.8) is 0 Å². The number of hydrogen-bond acceptors (Lipinski definition) is 5. The van der Waals surface area contributed by atoms with Crippen LogP contribution in [0.3, 0.4) is 0 Å². The van der Waals surface area contributed by atoms with Gasteiger partial charge in [0.05, 0.1) is 6.61 Å². The molecule has 0 rings (SSSR count). The van der Waals surface area contributed by atoms with E-state index < -0.39 is 6.10 Å². The van der Waals surface area contributed by atoms with Crippen molar-refractivity contribution in [2.24, 2.45) is 0 Å². The van der Waals surface area contributed by atoms with Crippen molar-refractivity contribution in [3.05, 3.63) is 48.6 Å². The molecule has 1 unspecified atom stereocenters. The fraction of sp³-hybridized carbons (Fsp3) is 0.811. The minimum absolute atomic E-state index is 0.0783. The van der Waals surface area contributed by atoms with Gasteiger partial charge in [-0.25, -0.2) is 0 Å². The number of unbranched alkanes of at least 4 members (excludes halogenated alkanes) is 27. The Morgan fingerprint density at radius 3 is 1.26 bits per heavy atom. The van der Waals surface area contributed by atoms with Crippen LogP contribution in [0.25, 0.3) is 0 Å². The van der Waals surface area contributed by atoms with E-state index in [0.717, 1.165) is 77.0 Å². The Morgan fingerprint density at radius 1 is 0.397 bits per heavy atom. The lowest BCUT2D eigenvalue weighted by molar-refractivity contribution is -0.163. The molecule has 338 valence electrons. The van der Waals surface area contributed by atoms with Gasteiger partial charge in [-0.05, 0) is 77.0 Å². The summed E-state index contributed by atoms with van der Waals surface area (Å²) in [6.45, 7) is 7.70. The topological polar surface area (TPSA) is 61.8 Å². The molecular weight excluding hydrogens is 717 g/mol. The predicted octanol–water partition coefficient (Wildman–Crippen LogP) is 16.8. The SMILES string of the molecule is CC/C=C\C/C=C\C/C=C\CCCCCCCCOCC(COC(=O)CCCCCCC/C=C\CCCCCCCC)OC(=O)CCCCCCCCCCCCC. The fourth-order valence-electron chi connectivity index (χ4n) is 7.11. The second kappa shape index (κ2) is 49.2. The van der Waals surface area contributed by atoms with Gasteiger partial charge in [0.15, 0.2) is 6.10 Å². The lowest BCUT2D eigenvalue weighted by atomic mass is 10.1. The Labute approximate surface area is 361 Å². The molecule has 5 nitrogen and oxygen atoms in total. The van der Waals surface area contributed by atoms with Gasteiger partial charge in [0.1, 0.15) is 6.61 Å². The van der Waals surface area contributed by atoms with Crippen LogP contribution in [0.2, 0.25) is 0 Å². The van der Waals surface area contributed by atoms with Crippen molar-refractivity contribution in [3.8, 4) is 0 Å². The molecule has 0 aromatic rings. The molecule has 5 heteroatoms. The fourth-order valence-corrected chi connectivity index (χ4v) is 7.11. The second-order valence-corrected chi connectivity index (χ2v) is 16.7. The molecule has 1 atom stereocenters. The molecule has 0 spiro atoms. The third-order valence-corrected chi connectivity index (χ3v) is 10.8. The maximum absolute atomic E-state index is 12.7. The molecule has 58 heavy (non-hydrogen) atoms. The van der Waals surface area contributed by atoms with E-state index >= 15 is 0 Å². The number of esters is 2. The van der Waals surface area contributed by atoms with E-state index in [-0.39, 0.29) is 25.2 Å². The Balaban J connectivity index is 4.26. The van der Waals surface area contributed by atoms with Gasteiger partial charge in [0, 0.05) is 19.4 Å². The number of carbonyl (C=O) groups excluding carboxylic acids is 2. The van der Waals surface area contributed by atoms with E-state index in [9.17, 15) is 9.59 Å². The number of ether oxygens (including phenoxy) is 3. The van der Waals surface area contributed by atoms with Crippen LogP contribution in [-0.2, 0) is 23.8 Å². The first-order valence-corrected chi connectivity index (χ1v) is 25.2. The molecule has 0 radical (unpaired) electrons. The van der Waals surface area contributed by atoms with Crippen LogP contribution in [0.4, 0.5) is 0 Å². The number of rotatable bonds is 46. The first kappa shape index (κ1) is 55.9. The minimum Gasteiger partial charge on any atom is -0.462 e. The van der Waals surface area contributed by atoms with E-state index in [1.165, 1.54) is 141 Å². The van der Waals surface area contributed by atoms with Crippen LogP contribution in [0.5, 0.6) is 0 Å². The molecule has 0 saturated heterocycles. The lowest BCUT2D eigenvalue weighted by Crippen LogP contribution is -2.30. The highest BCUT2D eigenvalue weighted by Crippen LogP contribution is 2.14. The molecule has 0 amide bonds. The van der Waals surface area contributed by atoms with Crippen molar-refractivity contribution in [2.45, 2.75) is 258 Å². The Hall–Kier alpha value is -2.14. The van der Waals surface area contributed by atoms with Gasteiger partial charge in [-0.2, -0.15) is 0 Å². The van der Waals surface area contributed by atoms with E-state index in [2.05, 4.69) is 69.4 Å². The highest BCUT2D eigenvalue weighted by atomic mass is 16.6.